The van der Waals surface area contributed by atoms with Gasteiger partial charge in [0.2, 0.25) is 5.91 Å². The second-order valence-electron chi connectivity index (χ2n) is 29.4. The van der Waals surface area contributed by atoms with Crippen molar-refractivity contribution in [3.63, 3.8) is 0 Å². The number of halogens is 3. The lowest BCUT2D eigenvalue weighted by atomic mass is 9.64. The van der Waals surface area contributed by atoms with E-state index in [9.17, 15) is 32.3 Å². The molecule has 7 saturated heterocycles. The summed E-state index contributed by atoms with van der Waals surface area (Å²) >= 11 is 0. The quantitative estimate of drug-likeness (QED) is 0.244. The number of piperidine rings is 5. The van der Waals surface area contributed by atoms with E-state index in [4.69, 9.17) is 9.47 Å². The van der Waals surface area contributed by atoms with Gasteiger partial charge in [-0.15, -0.1) is 0 Å². The number of amides is 5. The van der Waals surface area contributed by atoms with Crippen LogP contribution in [0.1, 0.15) is 159 Å². The number of hydrogen-bond acceptors (Lipinski definition) is 10. The third kappa shape index (κ3) is 12.2. The van der Waals surface area contributed by atoms with Gasteiger partial charge in [-0.2, -0.15) is 0 Å². The molecule has 5 unspecified atom stereocenters. The van der Waals surface area contributed by atoms with E-state index >= 15 is 0 Å². The summed E-state index contributed by atoms with van der Waals surface area (Å²) in [6, 6.07) is 16.7. The summed E-state index contributed by atoms with van der Waals surface area (Å²) in [6.45, 7) is 17.1. The molecule has 10 heterocycles. The summed E-state index contributed by atoms with van der Waals surface area (Å²) in [5.41, 5.74) is 5.98. The van der Waals surface area contributed by atoms with E-state index in [1.54, 1.807) is 62.3 Å². The van der Waals surface area contributed by atoms with E-state index in [2.05, 4.69) is 20.0 Å². The number of fused-ring (bicyclic) bond motifs is 13. The smallest absolute Gasteiger partial charge is 0.410 e. The predicted molar refractivity (Wildman–Crippen MR) is 340 cm³/mol. The summed E-state index contributed by atoms with van der Waals surface area (Å²) in [4.78, 5) is 66.8. The lowest BCUT2D eigenvalue weighted by molar-refractivity contribution is -0.116. The highest BCUT2D eigenvalue weighted by Gasteiger charge is 2.52. The molecule has 1 N–H and O–H groups in total. The Morgan fingerprint density at radius 2 is 1.02 bits per heavy atom. The minimum absolute atomic E-state index is 0.0504. The van der Waals surface area contributed by atoms with Crippen molar-refractivity contribution in [1.29, 1.82) is 0 Å². The molecule has 89 heavy (non-hydrogen) atoms. The number of nitrogens with zero attached hydrogens (tertiary/aromatic N) is 8. The molecule has 0 aromatic heterocycles. The molecule has 13 aliphatic rings. The zero-order valence-corrected chi connectivity index (χ0v) is 53.7. The highest BCUT2D eigenvalue weighted by atomic mass is 19.1. The molecule has 16 rings (SSSR count). The molecule has 10 aliphatic heterocycles. The Kier molecular flexibility index (Phi) is 17.8. The van der Waals surface area contributed by atoms with Crippen LogP contribution in [-0.2, 0) is 30.5 Å². The fourth-order valence-electron chi connectivity index (χ4n) is 19.7. The second-order valence-corrected chi connectivity index (χ2v) is 29.4. The number of anilines is 3. The molecular formula is C71H98F3N9O6. The zero-order chi connectivity index (χ0) is 61.9. The van der Waals surface area contributed by atoms with Crippen molar-refractivity contribution < 1.29 is 41.8 Å². The van der Waals surface area contributed by atoms with Gasteiger partial charge >= 0.3 is 18.2 Å². The van der Waals surface area contributed by atoms with Crippen LogP contribution < -0.4 is 15.1 Å². The fourth-order valence-corrected chi connectivity index (χ4v) is 19.7. The van der Waals surface area contributed by atoms with Crippen molar-refractivity contribution >= 4 is 41.2 Å². The van der Waals surface area contributed by atoms with Gasteiger partial charge < -0.3 is 49.1 Å². The molecule has 3 saturated carbocycles. The molecule has 18 heteroatoms. The molecule has 10 fully saturated rings. The van der Waals surface area contributed by atoms with E-state index in [1.165, 1.54) is 56.3 Å². The summed E-state index contributed by atoms with van der Waals surface area (Å²) in [6.07, 6.45) is 21.7. The average molecular weight is 1230 g/mol. The van der Waals surface area contributed by atoms with Crippen LogP contribution in [0.15, 0.2) is 54.6 Å². The molecule has 3 aromatic rings. The van der Waals surface area contributed by atoms with E-state index in [-0.39, 0.29) is 69.9 Å². The summed E-state index contributed by atoms with van der Waals surface area (Å²) < 4.78 is 52.6. The van der Waals surface area contributed by atoms with Crippen LogP contribution >= 0.6 is 0 Å². The van der Waals surface area contributed by atoms with Gasteiger partial charge in [-0.25, -0.2) is 27.6 Å². The van der Waals surface area contributed by atoms with Gasteiger partial charge in [0.05, 0.1) is 13.2 Å². The first kappa shape index (κ1) is 62.2. The number of rotatable bonds is 7. The first-order valence-corrected chi connectivity index (χ1v) is 34.4. The molecule has 3 aromatic carbocycles. The number of urea groups is 1. The average Bonchev–Trinajstić information content (AvgIpc) is 1.75. The number of nitrogens with one attached hydrogen (secondary N) is 1. The van der Waals surface area contributed by atoms with Crippen molar-refractivity contribution in [3.8, 4) is 0 Å². The molecule has 3 aliphatic carbocycles. The Morgan fingerprint density at radius 3 is 1.53 bits per heavy atom. The van der Waals surface area contributed by atoms with Gasteiger partial charge in [0, 0.05) is 117 Å². The van der Waals surface area contributed by atoms with Crippen LogP contribution in [0.5, 0.6) is 0 Å². The topological polar surface area (TPSA) is 125 Å². The Balaban J connectivity index is 0.000000123. The van der Waals surface area contributed by atoms with Crippen LogP contribution in [0.4, 0.5) is 44.6 Å². The lowest BCUT2D eigenvalue weighted by Gasteiger charge is -2.47. The SMILES string of the molecule is CC(=O)N1CC2(CCN(CC3CC4CCC3CC4)CC2)c2cc(F)ccc21.CCOC(=O)N1C2CCC1CC(CN1CCC3(CC1)CNc1ccc(F)cc13)C2.CCOC(=O)N1C2CCC1CC(N1CCC3(CC1)CN(C(=O)N(C)C)c1ccc(F)cc13)C2. The number of ether oxygens (including phenoxy) is 2. The number of hydrogen-bond donors (Lipinski definition) is 1. The normalized spacial score (nSPS) is 30.0. The molecular weight excluding hydrogens is 1130 g/mol. The Morgan fingerprint density at radius 1 is 0.551 bits per heavy atom. The maximum Gasteiger partial charge on any atom is 0.410 e. The highest BCUT2D eigenvalue weighted by Crippen LogP contribution is 2.52. The first-order chi connectivity index (χ1) is 42.9. The van der Waals surface area contributed by atoms with E-state index in [1.807, 2.05) is 39.5 Å². The second kappa shape index (κ2) is 25.5. The molecule has 6 bridgehead atoms. The van der Waals surface area contributed by atoms with Crippen molar-refractivity contribution in [2.75, 3.05) is 114 Å². The lowest BCUT2D eigenvalue weighted by Crippen LogP contribution is -2.55. The van der Waals surface area contributed by atoms with E-state index < -0.39 is 0 Å². The minimum atomic E-state index is -0.238. The monoisotopic (exact) mass is 1230 g/mol. The van der Waals surface area contributed by atoms with E-state index in [0.29, 0.717) is 43.8 Å². The molecule has 5 atom stereocenters. The van der Waals surface area contributed by atoms with Crippen molar-refractivity contribution in [1.82, 2.24) is 29.4 Å². The summed E-state index contributed by atoms with van der Waals surface area (Å²) in [5, 5.41) is 3.50. The van der Waals surface area contributed by atoms with Crippen LogP contribution in [0.25, 0.3) is 0 Å². The number of likely N-dealkylation sites (tertiary alicyclic amines) is 3. The van der Waals surface area contributed by atoms with Gasteiger partial charge in [0.1, 0.15) is 17.5 Å². The summed E-state index contributed by atoms with van der Waals surface area (Å²) in [5.74, 6) is 3.04. The largest absolute Gasteiger partial charge is 0.450 e. The highest BCUT2D eigenvalue weighted by molar-refractivity contribution is 5.95. The van der Waals surface area contributed by atoms with Gasteiger partial charge in [-0.3, -0.25) is 9.69 Å². The third-order valence-corrected chi connectivity index (χ3v) is 24.3. The van der Waals surface area contributed by atoms with Crippen LogP contribution in [0.2, 0.25) is 0 Å². The molecule has 3 spiro atoms. The maximum atomic E-state index is 14.2. The van der Waals surface area contributed by atoms with Crippen molar-refractivity contribution in [2.24, 2.45) is 23.7 Å². The number of benzene rings is 3. The summed E-state index contributed by atoms with van der Waals surface area (Å²) in [7, 11) is 3.52. The van der Waals surface area contributed by atoms with Gasteiger partial charge in [-0.1, -0.05) is 12.8 Å². The van der Waals surface area contributed by atoms with Crippen LogP contribution in [0, 0.1) is 41.1 Å². The number of carbonyl (C=O) groups excluding carboxylic acids is 4. The zero-order valence-electron chi connectivity index (χ0n) is 53.7. The third-order valence-electron chi connectivity index (χ3n) is 24.3. The van der Waals surface area contributed by atoms with Gasteiger partial charge in [-0.05, 0) is 257 Å². The Bertz CT molecular complexity index is 3050. The maximum absolute atomic E-state index is 14.2. The number of carbonyl (C=O) groups is 4. The molecule has 0 radical (unpaired) electrons. The Labute approximate surface area is 526 Å². The molecule has 5 amide bonds. The van der Waals surface area contributed by atoms with Crippen molar-refractivity contribution in [3.05, 3.63) is 88.7 Å². The van der Waals surface area contributed by atoms with Gasteiger partial charge in [0.15, 0.2) is 0 Å². The fraction of sp³-hybridized carbons (Fsp3) is 0.690. The first-order valence-electron chi connectivity index (χ1n) is 34.4. The standard InChI is InChI=1S/C25H35FN4O3.C23H32FN3O2.C23H31FN2O/c1-4-33-24(32)30-18-6-7-19(30)15-20(14-18)28-11-9-25(10-12-28)16-29(23(31)27(2)3)22-8-5-17(26)13-21(22)25;1-2-29-22(28)27-18-4-5-19(27)12-16(11-18)14-26-9-7-23(8-10-26)15-25-21-6-3-17(24)13-20(21)23;1-16(27)26-15-23(21-13-20(24)6-7-22(21)26)8-10-25(11-9-23)14-19-12-17-2-4-18(19)5-3-17/h5,8,13,18-20H,4,6-7,9-12,14-16H2,1-3H3;3,6,13,16,18-19,25H,2,4-5,7-12,14-15H2,1H3;6-7,13,17-19H,2-5,8-12,14-15H2,1H3. The molecule has 15 nitrogen and oxygen atoms in total. The predicted octanol–water partition coefficient (Wildman–Crippen LogP) is 12.1. The van der Waals surface area contributed by atoms with Crippen molar-refractivity contribution in [2.45, 2.75) is 189 Å². The minimum Gasteiger partial charge on any atom is -0.450 e. The van der Waals surface area contributed by atoms with Gasteiger partial charge in [0.25, 0.3) is 0 Å². The van der Waals surface area contributed by atoms with Crippen LogP contribution in [-0.4, -0.2) is 183 Å². The van der Waals surface area contributed by atoms with Crippen LogP contribution in [0.3, 0.4) is 0 Å². The van der Waals surface area contributed by atoms with E-state index in [0.717, 1.165) is 195 Å². The Hall–Kier alpha value is -5.59. The molecule has 484 valence electrons.